The van der Waals surface area contributed by atoms with Crippen LogP contribution >= 0.6 is 0 Å². The normalized spacial score (nSPS) is 15.7. The van der Waals surface area contributed by atoms with Crippen molar-refractivity contribution in [3.63, 3.8) is 0 Å². The Morgan fingerprint density at radius 1 is 1.16 bits per heavy atom. The smallest absolute Gasteiger partial charge is 0.415 e. The maximum absolute atomic E-state index is 11.3. The third-order valence-corrected chi connectivity index (χ3v) is 3.75. The van der Waals surface area contributed by atoms with E-state index in [4.69, 9.17) is 16.2 Å². The number of alkyl carbamates (subject to hydrolysis) is 2. The number of nitrogens with two attached hydrogens (primary N) is 2. The second-order valence-corrected chi connectivity index (χ2v) is 8.11. The van der Waals surface area contributed by atoms with E-state index in [1.807, 2.05) is 20.8 Å². The van der Waals surface area contributed by atoms with Gasteiger partial charge in [-0.2, -0.15) is 0 Å². The number of hydrogen-bond donors (Lipinski definition) is 5. The average molecular weight is 462 g/mol. The van der Waals surface area contributed by atoms with E-state index in [2.05, 4.69) is 20.7 Å². The Bertz CT molecular complexity index is 565. The lowest BCUT2D eigenvalue weighted by Gasteiger charge is -2.19. The Labute approximate surface area is 191 Å². The van der Waals surface area contributed by atoms with Crippen LogP contribution in [0.3, 0.4) is 0 Å². The van der Waals surface area contributed by atoms with Gasteiger partial charge in [-0.05, 0) is 66.5 Å². The summed E-state index contributed by atoms with van der Waals surface area (Å²) in [6, 6.07) is -0.613. The largest absolute Gasteiger partial charge is 0.444 e. The maximum Gasteiger partial charge on any atom is 0.415 e. The van der Waals surface area contributed by atoms with Crippen molar-refractivity contribution in [1.29, 1.82) is 0 Å². The van der Waals surface area contributed by atoms with E-state index in [-0.39, 0.29) is 11.8 Å². The molecule has 11 nitrogen and oxygen atoms in total. The molecule has 0 aliphatic carbocycles. The summed E-state index contributed by atoms with van der Waals surface area (Å²) in [5.74, 6) is -0.322. The van der Waals surface area contributed by atoms with Crippen LogP contribution < -0.4 is 27.4 Å². The fraction of sp³-hybridized carbons (Fsp3) is 0.810. The minimum atomic E-state index is -0.717. The molecule has 0 unspecified atom stereocenters. The van der Waals surface area contributed by atoms with E-state index >= 15 is 0 Å². The van der Waals surface area contributed by atoms with E-state index in [0.717, 1.165) is 19.4 Å². The molecular weight excluding hydrogens is 418 g/mol. The first-order valence-electron chi connectivity index (χ1n) is 11.1. The number of esters is 1. The van der Waals surface area contributed by atoms with Gasteiger partial charge in [0.2, 0.25) is 5.91 Å². The lowest BCUT2D eigenvalue weighted by atomic mass is 10.1. The Balaban J connectivity index is 0. The maximum atomic E-state index is 11.3. The molecule has 0 saturated carbocycles. The van der Waals surface area contributed by atoms with Gasteiger partial charge in [0.25, 0.3) is 0 Å². The molecule has 1 rings (SSSR count). The lowest BCUT2D eigenvalue weighted by Crippen LogP contribution is -2.34. The van der Waals surface area contributed by atoms with Crippen LogP contribution in [-0.2, 0) is 19.1 Å². The predicted octanol–water partition coefficient (Wildman–Crippen LogP) is 1.39. The molecule has 0 spiro atoms. The number of carbonyl (C=O) groups is 4. The molecular formula is C21H43N5O6. The molecule has 7 N–H and O–H groups in total. The van der Waals surface area contributed by atoms with Crippen LogP contribution in [0.1, 0.15) is 67.2 Å². The van der Waals surface area contributed by atoms with Crippen LogP contribution in [0.2, 0.25) is 0 Å². The Morgan fingerprint density at radius 3 is 2.19 bits per heavy atom. The molecule has 1 fully saturated rings. The molecule has 0 radical (unpaired) electrons. The van der Waals surface area contributed by atoms with E-state index < -0.39 is 29.8 Å². The molecule has 188 valence electrons. The molecule has 3 amide bonds. The minimum absolute atomic E-state index is 0.110. The van der Waals surface area contributed by atoms with Crippen molar-refractivity contribution < 1.29 is 28.7 Å². The average Bonchev–Trinajstić information content (AvgIpc) is 3.00. The van der Waals surface area contributed by atoms with Crippen molar-refractivity contribution in [3.05, 3.63) is 0 Å². The Hall–Kier alpha value is -2.40. The number of hydrogen-bond acceptors (Lipinski definition) is 8. The molecule has 0 aromatic carbocycles. The van der Waals surface area contributed by atoms with Gasteiger partial charge >= 0.3 is 18.2 Å². The number of amides is 3. The topological polar surface area (TPSA) is 175 Å². The molecule has 1 aliphatic rings. The monoisotopic (exact) mass is 461 g/mol. The van der Waals surface area contributed by atoms with Gasteiger partial charge in [-0.15, -0.1) is 0 Å². The molecule has 32 heavy (non-hydrogen) atoms. The third kappa shape index (κ3) is 18.4. The van der Waals surface area contributed by atoms with Gasteiger partial charge in [0.1, 0.15) is 11.6 Å². The highest BCUT2D eigenvalue weighted by Gasteiger charge is 2.31. The van der Waals surface area contributed by atoms with Gasteiger partial charge in [-0.1, -0.05) is 13.8 Å². The van der Waals surface area contributed by atoms with Crippen molar-refractivity contribution in [2.75, 3.05) is 26.2 Å². The van der Waals surface area contributed by atoms with Gasteiger partial charge < -0.3 is 36.9 Å². The highest BCUT2D eigenvalue weighted by molar-refractivity contribution is 5.95. The first kappa shape index (κ1) is 31.8. The first-order valence-corrected chi connectivity index (χ1v) is 11.1. The highest BCUT2D eigenvalue weighted by Crippen LogP contribution is 2.08. The van der Waals surface area contributed by atoms with Crippen LogP contribution in [0.4, 0.5) is 9.59 Å². The van der Waals surface area contributed by atoms with Gasteiger partial charge in [0.05, 0.1) is 0 Å². The second-order valence-electron chi connectivity index (χ2n) is 8.11. The number of cyclic esters (lactones) is 2. The van der Waals surface area contributed by atoms with Crippen molar-refractivity contribution >= 4 is 24.1 Å². The van der Waals surface area contributed by atoms with Crippen LogP contribution in [0.25, 0.3) is 0 Å². The zero-order valence-electron chi connectivity index (χ0n) is 20.4. The summed E-state index contributed by atoms with van der Waals surface area (Å²) in [5.41, 5.74) is 9.63. The molecule has 0 aromatic rings. The Kier molecular flexibility index (Phi) is 18.1. The summed E-state index contributed by atoms with van der Waals surface area (Å²) in [7, 11) is 0. The van der Waals surface area contributed by atoms with Gasteiger partial charge in [0, 0.05) is 19.0 Å². The summed E-state index contributed by atoms with van der Waals surface area (Å²) in [6.45, 7) is 13.6. The van der Waals surface area contributed by atoms with E-state index in [1.165, 1.54) is 0 Å². The minimum Gasteiger partial charge on any atom is -0.444 e. The van der Waals surface area contributed by atoms with Crippen molar-refractivity contribution in [1.82, 2.24) is 16.0 Å². The molecule has 0 aromatic heterocycles. The standard InChI is InChI=1S/C11H18N2O5.C8H18N2O.C2H7N/c1-11(2,3)18-9(15)12-6-4-5-7-8(14)17-10(16)13-7;1-3-10-8(11)7(2)5-4-6-9;1-2-3/h7H,4-6H2,1-3H3,(H,12,15)(H,13,16);7H,3-6,9H2,1-2H3,(H,10,11);2-3H2,1H3/t2*7-;/m00./s1. The zero-order valence-corrected chi connectivity index (χ0v) is 20.4. The fourth-order valence-corrected chi connectivity index (χ4v) is 2.30. The second kappa shape index (κ2) is 18.2. The fourth-order valence-electron chi connectivity index (χ4n) is 2.30. The molecule has 1 aliphatic heterocycles. The quantitative estimate of drug-likeness (QED) is 0.194. The van der Waals surface area contributed by atoms with Crippen molar-refractivity contribution in [3.8, 4) is 0 Å². The predicted molar refractivity (Wildman–Crippen MR) is 123 cm³/mol. The summed E-state index contributed by atoms with van der Waals surface area (Å²) in [5, 5.41) is 7.71. The third-order valence-electron chi connectivity index (χ3n) is 3.75. The number of carbonyl (C=O) groups excluding carboxylic acids is 4. The molecule has 0 bridgehead atoms. The molecule has 1 heterocycles. The van der Waals surface area contributed by atoms with Crippen LogP contribution in [-0.4, -0.2) is 61.9 Å². The molecule has 11 heteroatoms. The van der Waals surface area contributed by atoms with E-state index in [9.17, 15) is 19.2 Å². The summed E-state index contributed by atoms with van der Waals surface area (Å²) in [6.07, 6.45) is 1.56. The lowest BCUT2D eigenvalue weighted by molar-refractivity contribution is -0.135. The Morgan fingerprint density at radius 2 is 1.75 bits per heavy atom. The SMILES string of the molecule is CC(C)(C)OC(=O)NCCC[C@@H]1NC(=O)OC1=O.CCN.CCNC(=O)[C@@H](C)CCCN. The van der Waals surface area contributed by atoms with Crippen molar-refractivity contribution in [2.45, 2.75) is 78.9 Å². The van der Waals surface area contributed by atoms with Crippen LogP contribution in [0.5, 0.6) is 0 Å². The summed E-state index contributed by atoms with van der Waals surface area (Å²) < 4.78 is 9.35. The number of ether oxygens (including phenoxy) is 2. The summed E-state index contributed by atoms with van der Waals surface area (Å²) >= 11 is 0. The van der Waals surface area contributed by atoms with Crippen molar-refractivity contribution in [2.24, 2.45) is 17.4 Å². The van der Waals surface area contributed by atoms with Crippen LogP contribution in [0, 0.1) is 5.92 Å². The number of rotatable bonds is 9. The zero-order chi connectivity index (χ0) is 25.2. The van der Waals surface area contributed by atoms with Gasteiger partial charge in [-0.3, -0.25) is 4.79 Å². The van der Waals surface area contributed by atoms with Gasteiger partial charge in [0.15, 0.2) is 0 Å². The van der Waals surface area contributed by atoms with Gasteiger partial charge in [-0.25, -0.2) is 14.4 Å². The molecule has 2 atom stereocenters. The first-order chi connectivity index (χ1) is 14.9. The summed E-state index contributed by atoms with van der Waals surface area (Å²) in [4.78, 5) is 44.2. The van der Waals surface area contributed by atoms with E-state index in [1.54, 1.807) is 20.8 Å². The van der Waals surface area contributed by atoms with Crippen LogP contribution in [0.15, 0.2) is 0 Å². The highest BCUT2D eigenvalue weighted by atomic mass is 16.6. The van der Waals surface area contributed by atoms with E-state index in [0.29, 0.717) is 32.5 Å². The molecule has 1 saturated heterocycles. The number of nitrogens with one attached hydrogen (secondary N) is 3.